The van der Waals surface area contributed by atoms with Gasteiger partial charge in [-0.15, -0.1) is 0 Å². The highest BCUT2D eigenvalue weighted by Gasteiger charge is 2.52. The summed E-state index contributed by atoms with van der Waals surface area (Å²) in [6, 6.07) is 7.26. The van der Waals surface area contributed by atoms with Crippen molar-refractivity contribution in [1.29, 1.82) is 0 Å². The first kappa shape index (κ1) is 23.1. The lowest BCUT2D eigenvalue weighted by atomic mass is 9.97. The van der Waals surface area contributed by atoms with Gasteiger partial charge in [-0.05, 0) is 51.7 Å². The fourth-order valence-electron chi connectivity index (χ4n) is 5.16. The largest absolute Gasteiger partial charge is 0.450 e. The summed E-state index contributed by atoms with van der Waals surface area (Å²) in [6.07, 6.45) is 2.88. The summed E-state index contributed by atoms with van der Waals surface area (Å²) in [7, 11) is 0. The molecular weight excluding hydrogens is 424 g/mol. The number of carbonyl (C=O) groups excluding carboxylic acids is 4. The van der Waals surface area contributed by atoms with E-state index in [1.807, 2.05) is 19.1 Å². The number of nitrogens with zero attached hydrogens (tertiary/aromatic N) is 3. The van der Waals surface area contributed by atoms with Gasteiger partial charge in [0.15, 0.2) is 0 Å². The molecule has 1 atom stereocenters. The molecule has 178 valence electrons. The number of nitrogens with one attached hydrogen (secondary N) is 1. The van der Waals surface area contributed by atoms with Crippen molar-refractivity contribution in [3.63, 3.8) is 0 Å². The summed E-state index contributed by atoms with van der Waals surface area (Å²) < 4.78 is 5.03. The molecule has 0 bridgehead atoms. The van der Waals surface area contributed by atoms with Crippen molar-refractivity contribution in [3.05, 3.63) is 29.8 Å². The minimum absolute atomic E-state index is 0.0225. The fourth-order valence-corrected chi connectivity index (χ4v) is 5.16. The molecule has 4 rings (SSSR count). The number of anilines is 1. The standard InChI is InChI=1S/C24H32N4O5/c1-3-33-23(32)26-15-11-17(12-16-26)25-20(29)9-6-14-27-22(31)18-7-4-5-8-19(18)28-21(30)10-13-24(27,28)2/h4-5,7-8,17H,3,6,9-16H2,1-2H3,(H,25,29). The van der Waals surface area contributed by atoms with Gasteiger partial charge in [0.2, 0.25) is 11.8 Å². The van der Waals surface area contributed by atoms with E-state index < -0.39 is 5.66 Å². The van der Waals surface area contributed by atoms with Crippen molar-refractivity contribution in [2.24, 2.45) is 0 Å². The first-order valence-electron chi connectivity index (χ1n) is 11.8. The summed E-state index contributed by atoms with van der Waals surface area (Å²) >= 11 is 0. The molecule has 1 unspecified atom stereocenters. The smallest absolute Gasteiger partial charge is 0.409 e. The van der Waals surface area contributed by atoms with Gasteiger partial charge in [-0.3, -0.25) is 19.3 Å². The Hall–Kier alpha value is -3.10. The van der Waals surface area contributed by atoms with Crippen LogP contribution >= 0.6 is 0 Å². The highest BCUT2D eigenvalue weighted by atomic mass is 16.6. The summed E-state index contributed by atoms with van der Waals surface area (Å²) in [5.41, 5.74) is 0.512. The van der Waals surface area contributed by atoms with Crippen LogP contribution in [0.3, 0.4) is 0 Å². The molecule has 9 nitrogen and oxygen atoms in total. The Morgan fingerprint density at radius 2 is 1.91 bits per heavy atom. The van der Waals surface area contributed by atoms with E-state index in [-0.39, 0.29) is 29.9 Å². The lowest BCUT2D eigenvalue weighted by molar-refractivity contribution is -0.122. The Morgan fingerprint density at radius 1 is 1.18 bits per heavy atom. The molecule has 33 heavy (non-hydrogen) atoms. The molecule has 1 aromatic carbocycles. The number of hydrogen-bond donors (Lipinski definition) is 1. The zero-order chi connectivity index (χ0) is 23.6. The summed E-state index contributed by atoms with van der Waals surface area (Å²) in [6.45, 7) is 5.60. The number of benzene rings is 1. The van der Waals surface area contributed by atoms with Gasteiger partial charge in [0, 0.05) is 38.5 Å². The molecule has 3 heterocycles. The van der Waals surface area contributed by atoms with E-state index in [4.69, 9.17) is 4.74 Å². The van der Waals surface area contributed by atoms with E-state index in [9.17, 15) is 19.2 Å². The SMILES string of the molecule is CCOC(=O)N1CCC(NC(=O)CCCN2C(=O)c3ccccc3N3C(=O)CCC23C)CC1. The second kappa shape index (κ2) is 9.41. The predicted octanol–water partition coefficient (Wildman–Crippen LogP) is 2.50. The Balaban J connectivity index is 1.31. The molecule has 4 amide bonds. The van der Waals surface area contributed by atoms with Gasteiger partial charge in [-0.1, -0.05) is 12.1 Å². The molecule has 0 aromatic heterocycles. The summed E-state index contributed by atoms with van der Waals surface area (Å²) in [5.74, 6) is -0.126. The van der Waals surface area contributed by atoms with Gasteiger partial charge >= 0.3 is 6.09 Å². The molecule has 0 spiro atoms. The Morgan fingerprint density at radius 3 is 2.64 bits per heavy atom. The van der Waals surface area contributed by atoms with Crippen LogP contribution in [0.4, 0.5) is 10.5 Å². The maximum atomic E-state index is 13.2. The highest BCUT2D eigenvalue weighted by Crippen LogP contribution is 2.44. The van der Waals surface area contributed by atoms with E-state index in [1.165, 1.54) is 0 Å². The van der Waals surface area contributed by atoms with Crippen LogP contribution in [0.2, 0.25) is 0 Å². The number of fused-ring (bicyclic) bond motifs is 3. The van der Waals surface area contributed by atoms with Crippen molar-refractivity contribution in [1.82, 2.24) is 15.1 Å². The monoisotopic (exact) mass is 456 g/mol. The Labute approximate surface area is 194 Å². The maximum Gasteiger partial charge on any atom is 0.409 e. The molecule has 1 aromatic rings. The van der Waals surface area contributed by atoms with Crippen LogP contribution in [0, 0.1) is 0 Å². The molecule has 0 radical (unpaired) electrons. The predicted molar refractivity (Wildman–Crippen MR) is 122 cm³/mol. The Kier molecular flexibility index (Phi) is 6.58. The van der Waals surface area contributed by atoms with Crippen LogP contribution in [0.25, 0.3) is 0 Å². The van der Waals surface area contributed by atoms with E-state index in [1.54, 1.807) is 33.8 Å². The molecule has 0 saturated carbocycles. The van der Waals surface area contributed by atoms with Crippen LogP contribution < -0.4 is 10.2 Å². The van der Waals surface area contributed by atoms with Crippen LogP contribution in [0.1, 0.15) is 62.7 Å². The van der Waals surface area contributed by atoms with Gasteiger partial charge < -0.3 is 19.9 Å². The molecule has 3 aliphatic heterocycles. The van der Waals surface area contributed by atoms with Crippen LogP contribution in [-0.2, 0) is 14.3 Å². The number of rotatable bonds is 6. The fraction of sp³-hybridized carbons (Fsp3) is 0.583. The van der Waals surface area contributed by atoms with Gasteiger partial charge in [-0.2, -0.15) is 0 Å². The quantitative estimate of drug-likeness (QED) is 0.709. The first-order valence-corrected chi connectivity index (χ1v) is 11.8. The maximum absolute atomic E-state index is 13.2. The summed E-state index contributed by atoms with van der Waals surface area (Å²) in [4.78, 5) is 55.4. The average molecular weight is 457 g/mol. The van der Waals surface area contributed by atoms with Gasteiger partial charge in [0.05, 0.1) is 17.9 Å². The lowest BCUT2D eigenvalue weighted by Crippen LogP contribution is -2.62. The third-order valence-corrected chi connectivity index (χ3v) is 6.92. The average Bonchev–Trinajstić information content (AvgIpc) is 3.12. The third kappa shape index (κ3) is 4.41. The zero-order valence-electron chi connectivity index (χ0n) is 19.3. The van der Waals surface area contributed by atoms with E-state index in [0.717, 1.165) is 0 Å². The van der Waals surface area contributed by atoms with E-state index in [2.05, 4.69) is 5.32 Å². The number of carbonyl (C=O) groups is 4. The topological polar surface area (TPSA) is 99.3 Å². The van der Waals surface area contributed by atoms with Crippen molar-refractivity contribution in [2.75, 3.05) is 31.1 Å². The van der Waals surface area contributed by atoms with E-state index in [0.29, 0.717) is 76.0 Å². The molecular formula is C24H32N4O5. The number of likely N-dealkylation sites (tertiary alicyclic amines) is 1. The highest BCUT2D eigenvalue weighted by molar-refractivity contribution is 6.10. The van der Waals surface area contributed by atoms with Gasteiger partial charge in [0.25, 0.3) is 5.91 Å². The van der Waals surface area contributed by atoms with Crippen molar-refractivity contribution in [2.45, 2.75) is 64.1 Å². The second-order valence-corrected chi connectivity index (χ2v) is 9.05. The van der Waals surface area contributed by atoms with Gasteiger partial charge in [0.1, 0.15) is 5.66 Å². The number of para-hydroxylation sites is 1. The number of piperidine rings is 1. The number of ether oxygens (including phenoxy) is 1. The number of hydrogen-bond acceptors (Lipinski definition) is 5. The van der Waals surface area contributed by atoms with Crippen molar-refractivity contribution in [3.8, 4) is 0 Å². The molecule has 2 saturated heterocycles. The molecule has 0 aliphatic carbocycles. The lowest BCUT2D eigenvalue weighted by Gasteiger charge is -2.48. The first-order chi connectivity index (χ1) is 15.8. The number of amides is 4. The molecule has 3 aliphatic rings. The van der Waals surface area contributed by atoms with Crippen LogP contribution in [0.5, 0.6) is 0 Å². The molecule has 1 N–H and O–H groups in total. The van der Waals surface area contributed by atoms with Crippen LogP contribution in [-0.4, -0.2) is 71.6 Å². The minimum atomic E-state index is -0.696. The van der Waals surface area contributed by atoms with Crippen molar-refractivity contribution >= 4 is 29.5 Å². The normalized spacial score (nSPS) is 22.8. The third-order valence-electron chi connectivity index (χ3n) is 6.92. The second-order valence-electron chi connectivity index (χ2n) is 9.05. The molecule has 9 heteroatoms. The van der Waals surface area contributed by atoms with Gasteiger partial charge in [-0.25, -0.2) is 4.79 Å². The zero-order valence-corrected chi connectivity index (χ0v) is 19.3. The van der Waals surface area contributed by atoms with E-state index >= 15 is 0 Å². The summed E-state index contributed by atoms with van der Waals surface area (Å²) in [5, 5.41) is 3.05. The van der Waals surface area contributed by atoms with Crippen molar-refractivity contribution < 1.29 is 23.9 Å². The van der Waals surface area contributed by atoms with Crippen LogP contribution in [0.15, 0.2) is 24.3 Å². The molecule has 2 fully saturated rings. The Bertz CT molecular complexity index is 943. The minimum Gasteiger partial charge on any atom is -0.450 e.